The number of rotatable bonds is 5. The number of nitrogens with one attached hydrogen (secondary N) is 1. The van der Waals surface area contributed by atoms with Crippen molar-refractivity contribution < 1.29 is 0 Å². The molecule has 1 unspecified atom stereocenters. The second kappa shape index (κ2) is 5.99. The quantitative estimate of drug-likeness (QED) is 0.839. The Labute approximate surface area is 108 Å². The average molecular weight is 245 g/mol. The summed E-state index contributed by atoms with van der Waals surface area (Å²) in [6.07, 6.45) is 1.10. The van der Waals surface area contributed by atoms with Crippen LogP contribution in [0.3, 0.4) is 0 Å². The Kier molecular flexibility index (Phi) is 4.35. The van der Waals surface area contributed by atoms with Crippen LogP contribution >= 0.6 is 11.3 Å². The van der Waals surface area contributed by atoms with Crippen molar-refractivity contribution in [3.05, 3.63) is 57.8 Å². The van der Waals surface area contributed by atoms with E-state index >= 15 is 0 Å². The molecular formula is C15H19NS. The van der Waals surface area contributed by atoms with Crippen molar-refractivity contribution in [2.45, 2.75) is 26.3 Å². The Balaban J connectivity index is 2.36. The molecule has 17 heavy (non-hydrogen) atoms. The largest absolute Gasteiger partial charge is 0.306 e. The van der Waals surface area contributed by atoms with Gasteiger partial charge in [-0.1, -0.05) is 44.2 Å². The maximum absolute atomic E-state index is 3.59. The number of hydrogen-bond acceptors (Lipinski definition) is 2. The lowest BCUT2D eigenvalue weighted by molar-refractivity contribution is 0.635. The van der Waals surface area contributed by atoms with Gasteiger partial charge in [-0.2, -0.15) is 0 Å². The monoisotopic (exact) mass is 245 g/mol. The van der Waals surface area contributed by atoms with E-state index in [0.717, 1.165) is 13.0 Å². The van der Waals surface area contributed by atoms with E-state index in [2.05, 4.69) is 60.9 Å². The minimum absolute atomic E-state index is 0.344. The highest BCUT2D eigenvalue weighted by Gasteiger charge is 2.16. The fourth-order valence-electron chi connectivity index (χ4n) is 2.10. The third-order valence-electron chi connectivity index (χ3n) is 2.96. The van der Waals surface area contributed by atoms with Crippen LogP contribution in [-0.2, 0) is 6.42 Å². The summed E-state index contributed by atoms with van der Waals surface area (Å²) in [5.74, 6) is 0. The van der Waals surface area contributed by atoms with Gasteiger partial charge in [0.25, 0.3) is 0 Å². The third kappa shape index (κ3) is 2.76. The normalized spacial score (nSPS) is 12.6. The minimum Gasteiger partial charge on any atom is -0.306 e. The van der Waals surface area contributed by atoms with Crippen LogP contribution in [0.2, 0.25) is 0 Å². The van der Waals surface area contributed by atoms with Crippen LogP contribution in [-0.4, -0.2) is 6.54 Å². The molecule has 1 heterocycles. The Morgan fingerprint density at radius 2 is 1.88 bits per heavy atom. The number of hydrogen-bond donors (Lipinski definition) is 1. The van der Waals surface area contributed by atoms with Crippen molar-refractivity contribution in [2.24, 2.45) is 0 Å². The molecule has 2 aromatic rings. The molecule has 1 aromatic heterocycles. The highest BCUT2D eigenvalue weighted by molar-refractivity contribution is 7.10. The highest BCUT2D eigenvalue weighted by Crippen LogP contribution is 2.29. The third-order valence-corrected chi connectivity index (χ3v) is 3.99. The van der Waals surface area contributed by atoms with Gasteiger partial charge in [-0.15, -0.1) is 11.3 Å². The molecule has 0 aliphatic heterocycles. The maximum Gasteiger partial charge on any atom is 0.0673 e. The molecule has 0 saturated carbocycles. The van der Waals surface area contributed by atoms with Crippen LogP contribution < -0.4 is 5.32 Å². The van der Waals surface area contributed by atoms with Crippen molar-refractivity contribution in [2.75, 3.05) is 6.54 Å². The van der Waals surface area contributed by atoms with Crippen LogP contribution in [0.5, 0.6) is 0 Å². The molecule has 1 aromatic carbocycles. The molecule has 0 aliphatic rings. The molecule has 0 aliphatic carbocycles. The van der Waals surface area contributed by atoms with Crippen LogP contribution in [0.1, 0.15) is 35.9 Å². The lowest BCUT2D eigenvalue weighted by atomic mass is 10.0. The molecule has 2 heteroatoms. The molecule has 1 atom stereocenters. The van der Waals surface area contributed by atoms with Crippen molar-refractivity contribution in [3.8, 4) is 0 Å². The second-order valence-electron chi connectivity index (χ2n) is 4.07. The molecule has 0 spiro atoms. The summed E-state index contributed by atoms with van der Waals surface area (Å²) in [4.78, 5) is 1.46. The standard InChI is InChI=1S/C15H19NS/c1-3-12-10-11-17-15(12)14(16-4-2)13-8-6-5-7-9-13/h5-11,14,16H,3-4H2,1-2H3. The van der Waals surface area contributed by atoms with E-state index in [-0.39, 0.29) is 0 Å². The predicted molar refractivity (Wildman–Crippen MR) is 75.7 cm³/mol. The molecule has 0 bridgehead atoms. The zero-order valence-electron chi connectivity index (χ0n) is 10.4. The van der Waals surface area contributed by atoms with E-state index in [0.29, 0.717) is 6.04 Å². The molecule has 2 rings (SSSR count). The summed E-state index contributed by atoms with van der Waals surface area (Å²) in [6, 6.07) is 13.3. The van der Waals surface area contributed by atoms with Gasteiger partial charge in [0.1, 0.15) is 0 Å². The van der Waals surface area contributed by atoms with Gasteiger partial charge in [-0.3, -0.25) is 0 Å². The highest BCUT2D eigenvalue weighted by atomic mass is 32.1. The van der Waals surface area contributed by atoms with Crippen molar-refractivity contribution >= 4 is 11.3 Å². The summed E-state index contributed by atoms with van der Waals surface area (Å²) in [6.45, 7) is 5.37. The average Bonchev–Trinajstić information content (AvgIpc) is 2.85. The molecule has 0 fully saturated rings. The van der Waals surface area contributed by atoms with Crippen molar-refractivity contribution in [3.63, 3.8) is 0 Å². The van der Waals surface area contributed by atoms with Crippen LogP contribution in [0, 0.1) is 0 Å². The maximum atomic E-state index is 3.59. The smallest absolute Gasteiger partial charge is 0.0673 e. The Morgan fingerprint density at radius 1 is 1.12 bits per heavy atom. The molecule has 1 N–H and O–H groups in total. The lowest BCUT2D eigenvalue weighted by Gasteiger charge is -2.18. The molecular weight excluding hydrogens is 226 g/mol. The van der Waals surface area contributed by atoms with E-state index in [9.17, 15) is 0 Å². The molecule has 0 amide bonds. The molecule has 0 saturated heterocycles. The zero-order valence-corrected chi connectivity index (χ0v) is 11.3. The first-order valence-corrected chi connectivity index (χ1v) is 7.09. The predicted octanol–water partition coefficient (Wildman–Crippen LogP) is 4.01. The Bertz CT molecular complexity index is 447. The first-order valence-electron chi connectivity index (χ1n) is 6.21. The van der Waals surface area contributed by atoms with Crippen molar-refractivity contribution in [1.29, 1.82) is 0 Å². The van der Waals surface area contributed by atoms with Crippen LogP contribution in [0.4, 0.5) is 0 Å². The molecule has 0 radical (unpaired) electrons. The van der Waals surface area contributed by atoms with Gasteiger partial charge >= 0.3 is 0 Å². The summed E-state index contributed by atoms with van der Waals surface area (Å²) in [7, 11) is 0. The Hall–Kier alpha value is -1.12. The first-order chi connectivity index (χ1) is 8.36. The second-order valence-corrected chi connectivity index (χ2v) is 5.01. The summed E-state index contributed by atoms with van der Waals surface area (Å²) in [5.41, 5.74) is 2.82. The van der Waals surface area contributed by atoms with E-state index in [1.807, 2.05) is 11.3 Å². The number of aryl methyl sites for hydroxylation is 1. The summed E-state index contributed by atoms with van der Waals surface area (Å²) < 4.78 is 0. The van der Waals surface area contributed by atoms with Gasteiger partial charge < -0.3 is 5.32 Å². The number of benzene rings is 1. The van der Waals surface area contributed by atoms with Crippen LogP contribution in [0.15, 0.2) is 41.8 Å². The van der Waals surface area contributed by atoms with E-state index in [1.54, 1.807) is 0 Å². The summed E-state index contributed by atoms with van der Waals surface area (Å²) in [5, 5.41) is 5.78. The van der Waals surface area contributed by atoms with Gasteiger partial charge in [0.15, 0.2) is 0 Å². The van der Waals surface area contributed by atoms with Crippen LogP contribution in [0.25, 0.3) is 0 Å². The molecule has 1 nitrogen and oxygen atoms in total. The lowest BCUT2D eigenvalue weighted by Crippen LogP contribution is -2.21. The van der Waals surface area contributed by atoms with Gasteiger partial charge in [0, 0.05) is 4.88 Å². The summed E-state index contributed by atoms with van der Waals surface area (Å²) >= 11 is 1.85. The minimum atomic E-state index is 0.344. The fraction of sp³-hybridized carbons (Fsp3) is 0.333. The topological polar surface area (TPSA) is 12.0 Å². The number of thiophene rings is 1. The SMILES string of the molecule is CCNC(c1ccccc1)c1sccc1CC. The van der Waals surface area contributed by atoms with Gasteiger partial charge in [0.2, 0.25) is 0 Å². The molecule has 90 valence electrons. The van der Waals surface area contributed by atoms with Crippen molar-refractivity contribution in [1.82, 2.24) is 5.32 Å². The van der Waals surface area contributed by atoms with Gasteiger partial charge in [-0.05, 0) is 35.5 Å². The zero-order chi connectivity index (χ0) is 12.1. The Morgan fingerprint density at radius 3 is 2.53 bits per heavy atom. The van der Waals surface area contributed by atoms with E-state index in [1.165, 1.54) is 16.0 Å². The fourth-order valence-corrected chi connectivity index (χ4v) is 3.20. The van der Waals surface area contributed by atoms with Gasteiger partial charge in [-0.25, -0.2) is 0 Å². The first kappa shape index (κ1) is 12.3. The van der Waals surface area contributed by atoms with Gasteiger partial charge in [0.05, 0.1) is 6.04 Å². The van der Waals surface area contributed by atoms with E-state index in [4.69, 9.17) is 0 Å². The van der Waals surface area contributed by atoms with E-state index < -0.39 is 0 Å².